The van der Waals surface area contributed by atoms with Gasteiger partial charge in [-0.25, -0.2) is 0 Å². The number of benzene rings is 1. The van der Waals surface area contributed by atoms with Gasteiger partial charge in [-0.3, -0.25) is 4.79 Å². The fraction of sp³-hybridized carbons (Fsp3) is 0.300. The molecule has 0 aliphatic carbocycles. The molecule has 0 fully saturated rings. The van der Waals surface area contributed by atoms with Gasteiger partial charge in [0.15, 0.2) is 0 Å². The minimum Gasteiger partial charge on any atom is -0.480 e. The van der Waals surface area contributed by atoms with Gasteiger partial charge in [-0.05, 0) is 11.6 Å². The van der Waals surface area contributed by atoms with Crippen molar-refractivity contribution in [2.45, 2.75) is 19.9 Å². The van der Waals surface area contributed by atoms with Crippen LogP contribution in [0.25, 0.3) is 0 Å². The maximum Gasteiger partial charge on any atom is 0.325 e. The van der Waals surface area contributed by atoms with Gasteiger partial charge in [-0.2, -0.15) is 0 Å². The summed E-state index contributed by atoms with van der Waals surface area (Å²) in [6.45, 7) is 4.00. The molecule has 1 atom stereocenters. The maximum atomic E-state index is 10.5. The van der Waals surface area contributed by atoms with Crippen LogP contribution in [0.1, 0.15) is 25.5 Å². The van der Waals surface area contributed by atoms with Crippen LogP contribution in [0.4, 0.5) is 0 Å². The van der Waals surface area contributed by atoms with E-state index in [4.69, 9.17) is 22.4 Å². The smallest absolute Gasteiger partial charge is 0.325 e. The first-order chi connectivity index (χ1) is 6.63. The fourth-order valence-corrected chi connectivity index (χ4v) is 1.11. The third-order valence-corrected chi connectivity index (χ3v) is 1.85. The van der Waals surface area contributed by atoms with Crippen LogP contribution < -0.4 is 5.73 Å². The molecule has 1 aromatic rings. The number of nitrogens with two attached hydrogens (primary N) is 1. The highest BCUT2D eigenvalue weighted by Crippen LogP contribution is 2.20. The van der Waals surface area contributed by atoms with Gasteiger partial charge in [-0.1, -0.05) is 43.6 Å². The number of carboxylic acids is 1. The Morgan fingerprint density at radius 2 is 1.93 bits per heavy atom. The van der Waals surface area contributed by atoms with Gasteiger partial charge in [0.1, 0.15) is 6.04 Å². The van der Waals surface area contributed by atoms with Crippen LogP contribution in [-0.2, 0) is 4.79 Å². The predicted molar refractivity (Wildman–Crippen MR) is 57.4 cm³/mol. The van der Waals surface area contributed by atoms with Crippen molar-refractivity contribution >= 4 is 17.6 Å². The molecule has 1 rings (SSSR count). The summed E-state index contributed by atoms with van der Waals surface area (Å²) in [6.07, 6.45) is 0. The molecule has 0 heterocycles. The molecular weight excluding hydrogens is 202 g/mol. The van der Waals surface area contributed by atoms with E-state index in [9.17, 15) is 4.79 Å². The highest BCUT2D eigenvalue weighted by Gasteiger charge is 2.16. The summed E-state index contributed by atoms with van der Waals surface area (Å²) >= 11 is 5.72. The summed E-state index contributed by atoms with van der Waals surface area (Å²) in [7, 11) is 0. The highest BCUT2D eigenvalue weighted by molar-refractivity contribution is 6.31. The molecule has 3 nitrogen and oxygen atoms in total. The largest absolute Gasteiger partial charge is 0.480 e. The molecule has 4 heteroatoms. The van der Waals surface area contributed by atoms with Crippen LogP contribution in [0.15, 0.2) is 24.3 Å². The summed E-state index contributed by atoms with van der Waals surface area (Å²) < 4.78 is 0. The monoisotopic (exact) mass is 215 g/mol. The van der Waals surface area contributed by atoms with Crippen LogP contribution in [-0.4, -0.2) is 11.1 Å². The van der Waals surface area contributed by atoms with Gasteiger partial charge in [0, 0.05) is 5.02 Å². The van der Waals surface area contributed by atoms with Gasteiger partial charge >= 0.3 is 5.97 Å². The number of hydrogen-bond donors (Lipinski definition) is 2. The van der Waals surface area contributed by atoms with E-state index in [0.717, 1.165) is 0 Å². The van der Waals surface area contributed by atoms with Crippen molar-refractivity contribution < 1.29 is 9.90 Å². The quantitative estimate of drug-likeness (QED) is 0.797. The second kappa shape index (κ2) is 6.40. The van der Waals surface area contributed by atoms with Crippen molar-refractivity contribution in [2.75, 3.05) is 0 Å². The molecule has 1 unspecified atom stereocenters. The molecule has 14 heavy (non-hydrogen) atoms. The van der Waals surface area contributed by atoms with Crippen LogP contribution in [0.2, 0.25) is 5.02 Å². The number of carbonyl (C=O) groups is 1. The Kier molecular flexibility index (Phi) is 5.92. The third kappa shape index (κ3) is 3.36. The Morgan fingerprint density at radius 1 is 1.43 bits per heavy atom. The molecule has 78 valence electrons. The van der Waals surface area contributed by atoms with Gasteiger partial charge in [0.25, 0.3) is 0 Å². The normalized spacial score (nSPS) is 11.1. The van der Waals surface area contributed by atoms with Gasteiger partial charge in [-0.15, -0.1) is 0 Å². The minimum atomic E-state index is -1.08. The van der Waals surface area contributed by atoms with E-state index < -0.39 is 12.0 Å². The number of carboxylic acid groups (broad SMARTS) is 1. The van der Waals surface area contributed by atoms with Crippen molar-refractivity contribution in [1.82, 2.24) is 0 Å². The lowest BCUT2D eigenvalue weighted by molar-refractivity contribution is -0.138. The summed E-state index contributed by atoms with van der Waals surface area (Å²) in [4.78, 5) is 10.5. The molecule has 0 radical (unpaired) electrons. The van der Waals surface area contributed by atoms with Crippen molar-refractivity contribution in [3.63, 3.8) is 0 Å². The summed E-state index contributed by atoms with van der Waals surface area (Å²) in [5, 5.41) is 8.96. The van der Waals surface area contributed by atoms with E-state index in [1.54, 1.807) is 24.3 Å². The van der Waals surface area contributed by atoms with E-state index in [1.165, 1.54) is 0 Å². The van der Waals surface area contributed by atoms with Gasteiger partial charge in [0.2, 0.25) is 0 Å². The van der Waals surface area contributed by atoms with Crippen LogP contribution in [0.3, 0.4) is 0 Å². The van der Waals surface area contributed by atoms with Gasteiger partial charge < -0.3 is 10.8 Å². The Morgan fingerprint density at radius 3 is 2.36 bits per heavy atom. The summed E-state index contributed by atoms with van der Waals surface area (Å²) in [5.41, 5.74) is 5.79. The molecule has 0 aliphatic rings. The van der Waals surface area contributed by atoms with Crippen molar-refractivity contribution in [3.8, 4) is 0 Å². The third-order valence-electron chi connectivity index (χ3n) is 1.51. The van der Waals surface area contributed by atoms with Gasteiger partial charge in [0.05, 0.1) is 0 Å². The molecule has 0 saturated heterocycles. The number of aliphatic carboxylic acids is 1. The lowest BCUT2D eigenvalue weighted by Gasteiger charge is -2.07. The Bertz CT molecular complexity index is 302. The average Bonchev–Trinajstić information content (AvgIpc) is 2.20. The standard InChI is InChI=1S/C8H8ClNO2.C2H6/c9-6-4-2-1-3-5(6)7(10)8(11)12;1-2/h1-4,7H,10H2,(H,11,12);1-2H3. The molecule has 0 bridgehead atoms. The van der Waals surface area contributed by atoms with E-state index in [1.807, 2.05) is 13.8 Å². The SMILES string of the molecule is CC.NC(C(=O)O)c1ccccc1Cl. The molecule has 1 aromatic carbocycles. The van der Waals surface area contributed by atoms with Crippen LogP contribution >= 0.6 is 11.6 Å². The van der Waals surface area contributed by atoms with Crippen molar-refractivity contribution in [1.29, 1.82) is 0 Å². The summed E-state index contributed by atoms with van der Waals surface area (Å²) in [6, 6.07) is 5.59. The average molecular weight is 216 g/mol. The topological polar surface area (TPSA) is 63.3 Å². The van der Waals surface area contributed by atoms with E-state index in [0.29, 0.717) is 10.6 Å². The minimum absolute atomic E-state index is 0.382. The first kappa shape index (κ1) is 12.9. The molecular formula is C10H14ClNO2. The highest BCUT2D eigenvalue weighted by atomic mass is 35.5. The zero-order valence-electron chi connectivity index (χ0n) is 8.20. The zero-order chi connectivity index (χ0) is 11.1. The fourth-order valence-electron chi connectivity index (χ4n) is 0.860. The molecule has 0 saturated carbocycles. The molecule has 0 aliphatic heterocycles. The van der Waals surface area contributed by atoms with Crippen LogP contribution in [0, 0.1) is 0 Å². The first-order valence-electron chi connectivity index (χ1n) is 4.35. The predicted octanol–water partition coefficient (Wildman–Crippen LogP) is 2.45. The maximum absolute atomic E-state index is 10.5. The van der Waals surface area contributed by atoms with Crippen molar-refractivity contribution in [3.05, 3.63) is 34.9 Å². The molecule has 3 N–H and O–H groups in total. The Balaban J connectivity index is 0.000000791. The van der Waals surface area contributed by atoms with E-state index in [-0.39, 0.29) is 0 Å². The molecule has 0 aromatic heterocycles. The number of hydrogen-bond acceptors (Lipinski definition) is 2. The first-order valence-corrected chi connectivity index (χ1v) is 4.73. The summed E-state index contributed by atoms with van der Waals surface area (Å²) in [5.74, 6) is -1.08. The molecule has 0 amide bonds. The number of rotatable bonds is 2. The lowest BCUT2D eigenvalue weighted by atomic mass is 10.1. The van der Waals surface area contributed by atoms with E-state index >= 15 is 0 Å². The lowest BCUT2D eigenvalue weighted by Crippen LogP contribution is -2.20. The zero-order valence-corrected chi connectivity index (χ0v) is 8.95. The number of halogens is 1. The van der Waals surface area contributed by atoms with Crippen molar-refractivity contribution in [2.24, 2.45) is 5.73 Å². The molecule has 0 spiro atoms. The van der Waals surface area contributed by atoms with Crippen LogP contribution in [0.5, 0.6) is 0 Å². The van der Waals surface area contributed by atoms with E-state index in [2.05, 4.69) is 0 Å². The second-order valence-electron chi connectivity index (χ2n) is 2.34. The second-order valence-corrected chi connectivity index (χ2v) is 2.74. The Labute approximate surface area is 88.5 Å². The Hall–Kier alpha value is -1.06.